The third kappa shape index (κ3) is 5.24. The number of sulfonamides is 1. The van der Waals surface area contributed by atoms with E-state index in [1.807, 2.05) is 29.6 Å². The van der Waals surface area contributed by atoms with Crippen molar-refractivity contribution in [2.45, 2.75) is 22.5 Å². The van der Waals surface area contributed by atoms with Crippen LogP contribution in [0.5, 0.6) is 0 Å². The van der Waals surface area contributed by atoms with Crippen LogP contribution in [0.25, 0.3) is 0 Å². The van der Waals surface area contributed by atoms with Gasteiger partial charge in [0.25, 0.3) is 5.91 Å². The summed E-state index contributed by atoms with van der Waals surface area (Å²) in [6.07, 6.45) is 0. The number of nitrogens with zero attached hydrogens (tertiary/aromatic N) is 1. The lowest BCUT2D eigenvalue weighted by atomic mass is 10.1. The molecule has 2 aromatic carbocycles. The molecule has 1 N–H and O–H groups in total. The maximum absolute atomic E-state index is 13.1. The maximum atomic E-state index is 13.1. The molecule has 9 heteroatoms. The summed E-state index contributed by atoms with van der Waals surface area (Å²) in [6, 6.07) is 14.4. The van der Waals surface area contributed by atoms with E-state index >= 15 is 0 Å². The minimum absolute atomic E-state index is 0.121. The van der Waals surface area contributed by atoms with Crippen molar-refractivity contribution in [2.75, 3.05) is 31.6 Å². The van der Waals surface area contributed by atoms with Gasteiger partial charge in [0.2, 0.25) is 10.0 Å². The van der Waals surface area contributed by atoms with Crippen molar-refractivity contribution >= 4 is 44.7 Å². The van der Waals surface area contributed by atoms with Gasteiger partial charge in [-0.1, -0.05) is 18.2 Å². The van der Waals surface area contributed by atoms with E-state index in [2.05, 4.69) is 16.8 Å². The maximum Gasteiger partial charge on any atom is 0.256 e. The highest BCUT2D eigenvalue weighted by molar-refractivity contribution is 7.98. The number of benzene rings is 2. The van der Waals surface area contributed by atoms with Crippen molar-refractivity contribution in [1.82, 2.24) is 4.31 Å². The number of rotatable bonds is 7. The van der Waals surface area contributed by atoms with Crippen LogP contribution in [-0.2, 0) is 20.5 Å². The molecule has 6 nitrogen and oxygen atoms in total. The largest absolute Gasteiger partial charge is 0.379 e. The molecule has 1 fully saturated rings. The van der Waals surface area contributed by atoms with Crippen LogP contribution in [0, 0.1) is 6.92 Å². The monoisotopic (exact) mass is 488 g/mol. The van der Waals surface area contributed by atoms with E-state index in [9.17, 15) is 13.2 Å². The van der Waals surface area contributed by atoms with Crippen LogP contribution in [-0.4, -0.2) is 44.9 Å². The van der Waals surface area contributed by atoms with E-state index < -0.39 is 10.0 Å². The number of thioether (sulfide) groups is 1. The molecule has 0 spiro atoms. The van der Waals surface area contributed by atoms with Crippen LogP contribution in [0.4, 0.5) is 5.69 Å². The van der Waals surface area contributed by atoms with Crippen LogP contribution in [0.1, 0.15) is 21.5 Å². The van der Waals surface area contributed by atoms with Gasteiger partial charge in [-0.05, 0) is 59.1 Å². The fourth-order valence-corrected chi connectivity index (χ4v) is 6.52. The Kier molecular flexibility index (Phi) is 7.32. The summed E-state index contributed by atoms with van der Waals surface area (Å²) in [5.74, 6) is 0.480. The van der Waals surface area contributed by atoms with Gasteiger partial charge in [0.05, 0.1) is 23.8 Å². The zero-order valence-corrected chi connectivity index (χ0v) is 20.1. The average Bonchev–Trinajstić information content (AvgIpc) is 3.33. The zero-order valence-electron chi connectivity index (χ0n) is 17.6. The number of nitrogens with one attached hydrogen (secondary N) is 1. The first-order valence-electron chi connectivity index (χ1n) is 10.2. The topological polar surface area (TPSA) is 75.7 Å². The van der Waals surface area contributed by atoms with Crippen molar-refractivity contribution in [3.63, 3.8) is 0 Å². The van der Waals surface area contributed by atoms with Gasteiger partial charge in [-0.25, -0.2) is 8.42 Å². The summed E-state index contributed by atoms with van der Waals surface area (Å²) in [7, 11) is -3.68. The highest BCUT2D eigenvalue weighted by Gasteiger charge is 2.27. The third-order valence-electron chi connectivity index (χ3n) is 5.17. The van der Waals surface area contributed by atoms with Crippen molar-refractivity contribution in [3.8, 4) is 0 Å². The number of amides is 1. The second kappa shape index (κ2) is 10.2. The zero-order chi connectivity index (χ0) is 22.6. The molecule has 32 heavy (non-hydrogen) atoms. The Morgan fingerprint density at radius 1 is 1.16 bits per heavy atom. The molecule has 168 valence electrons. The molecular weight excluding hydrogens is 464 g/mol. The van der Waals surface area contributed by atoms with E-state index in [-0.39, 0.29) is 10.8 Å². The molecule has 1 aliphatic heterocycles. The standard InChI is InChI=1S/C23H24N2O4S3/c1-17-6-7-19(32(27,28)25-9-11-29-12-10-25)14-20(17)23(26)24-21-4-2-3-5-22(21)31-16-18-8-13-30-15-18/h2-8,13-15H,9-12,16H2,1H3,(H,24,26). The van der Waals surface area contributed by atoms with E-state index in [4.69, 9.17) is 4.74 Å². The Morgan fingerprint density at radius 3 is 2.69 bits per heavy atom. The van der Waals surface area contributed by atoms with Crippen LogP contribution in [0.15, 0.2) is 69.1 Å². The number of hydrogen-bond acceptors (Lipinski definition) is 6. The van der Waals surface area contributed by atoms with Crippen LogP contribution in [0.2, 0.25) is 0 Å². The average molecular weight is 489 g/mol. The van der Waals surface area contributed by atoms with Gasteiger partial charge in [0.15, 0.2) is 0 Å². The number of hydrogen-bond donors (Lipinski definition) is 1. The predicted octanol–water partition coefficient (Wildman–Crippen LogP) is 4.62. The number of thiophene rings is 1. The van der Waals surface area contributed by atoms with Crippen LogP contribution >= 0.6 is 23.1 Å². The summed E-state index contributed by atoms with van der Waals surface area (Å²) < 4.78 is 32.7. The summed E-state index contributed by atoms with van der Waals surface area (Å²) in [5, 5.41) is 7.13. The summed E-state index contributed by atoms with van der Waals surface area (Å²) in [5.41, 5.74) is 3.00. The molecule has 2 heterocycles. The first kappa shape index (κ1) is 23.0. The molecule has 0 saturated carbocycles. The first-order chi connectivity index (χ1) is 15.4. The van der Waals surface area contributed by atoms with E-state index in [0.717, 1.165) is 10.6 Å². The Hall–Kier alpha value is -2.17. The van der Waals surface area contributed by atoms with Gasteiger partial charge in [-0.2, -0.15) is 15.6 Å². The Bertz CT molecular complexity index is 1190. The first-order valence-corrected chi connectivity index (χ1v) is 13.5. The highest BCUT2D eigenvalue weighted by atomic mass is 32.2. The quantitative estimate of drug-likeness (QED) is 0.491. The summed E-state index contributed by atoms with van der Waals surface area (Å²) >= 11 is 3.31. The minimum atomic E-state index is -3.68. The van der Waals surface area contributed by atoms with Gasteiger partial charge in [-0.3, -0.25) is 4.79 Å². The molecule has 1 saturated heterocycles. The number of morpholine rings is 1. The lowest BCUT2D eigenvalue weighted by Crippen LogP contribution is -2.40. The van der Waals surface area contributed by atoms with Crippen LogP contribution < -0.4 is 5.32 Å². The lowest BCUT2D eigenvalue weighted by Gasteiger charge is -2.26. The smallest absolute Gasteiger partial charge is 0.256 e. The lowest BCUT2D eigenvalue weighted by molar-refractivity contribution is 0.0730. The SMILES string of the molecule is Cc1ccc(S(=O)(=O)N2CCOCC2)cc1C(=O)Nc1ccccc1SCc1ccsc1. The number of carbonyl (C=O) groups excluding carboxylic acids is 1. The molecule has 1 aliphatic rings. The number of ether oxygens (including phenoxy) is 1. The number of carbonyl (C=O) groups is 1. The highest BCUT2D eigenvalue weighted by Crippen LogP contribution is 2.31. The fraction of sp³-hybridized carbons (Fsp3) is 0.261. The molecule has 0 aliphatic carbocycles. The number of anilines is 1. The Balaban J connectivity index is 1.54. The normalized spacial score (nSPS) is 14.9. The van der Waals surface area contributed by atoms with E-state index in [1.54, 1.807) is 42.2 Å². The molecule has 0 unspecified atom stereocenters. The third-order valence-corrected chi connectivity index (χ3v) is 8.94. The van der Waals surface area contributed by atoms with Crippen molar-refractivity contribution in [2.24, 2.45) is 0 Å². The van der Waals surface area contributed by atoms with Crippen molar-refractivity contribution in [3.05, 3.63) is 76.0 Å². The van der Waals surface area contributed by atoms with Gasteiger partial charge in [0.1, 0.15) is 0 Å². The minimum Gasteiger partial charge on any atom is -0.379 e. The van der Waals surface area contributed by atoms with E-state index in [0.29, 0.717) is 43.1 Å². The molecule has 3 aromatic rings. The predicted molar refractivity (Wildman–Crippen MR) is 129 cm³/mol. The number of aryl methyl sites for hydroxylation is 1. The number of para-hydroxylation sites is 1. The van der Waals surface area contributed by atoms with Crippen LogP contribution in [0.3, 0.4) is 0 Å². The molecule has 0 bridgehead atoms. The van der Waals surface area contributed by atoms with Gasteiger partial charge in [0, 0.05) is 29.3 Å². The molecule has 1 aromatic heterocycles. The Labute approximate surface area is 196 Å². The molecular formula is C23H24N2O4S3. The second-order valence-electron chi connectivity index (χ2n) is 7.36. The summed E-state index contributed by atoms with van der Waals surface area (Å²) in [4.78, 5) is 14.2. The summed E-state index contributed by atoms with van der Waals surface area (Å²) in [6.45, 7) is 3.17. The van der Waals surface area contributed by atoms with Gasteiger partial charge in [-0.15, -0.1) is 11.8 Å². The van der Waals surface area contributed by atoms with Crippen molar-refractivity contribution < 1.29 is 17.9 Å². The Morgan fingerprint density at radius 2 is 1.94 bits per heavy atom. The van der Waals surface area contributed by atoms with E-state index in [1.165, 1.54) is 15.9 Å². The fourth-order valence-electron chi connectivity index (χ4n) is 3.36. The molecule has 1 amide bonds. The van der Waals surface area contributed by atoms with Gasteiger partial charge >= 0.3 is 0 Å². The second-order valence-corrected chi connectivity index (χ2v) is 11.1. The van der Waals surface area contributed by atoms with Crippen molar-refractivity contribution in [1.29, 1.82) is 0 Å². The van der Waals surface area contributed by atoms with Gasteiger partial charge < -0.3 is 10.1 Å². The molecule has 0 radical (unpaired) electrons. The molecule has 0 atom stereocenters. The molecule has 4 rings (SSSR count).